The second-order valence-electron chi connectivity index (χ2n) is 5.60. The molecule has 9 heteroatoms. The fraction of sp³-hybridized carbons (Fsp3) is 0.312. The van der Waals surface area contributed by atoms with Gasteiger partial charge in [-0.15, -0.1) is 0 Å². The number of piperazine rings is 1. The van der Waals surface area contributed by atoms with Gasteiger partial charge in [-0.3, -0.25) is 4.79 Å². The molecule has 5 nitrogen and oxygen atoms in total. The number of nitrogens with zero attached hydrogens (tertiary/aromatic N) is 4. The summed E-state index contributed by atoms with van der Waals surface area (Å²) in [7, 11) is 0. The smallest absolute Gasteiger partial charge is 0.335 e. The summed E-state index contributed by atoms with van der Waals surface area (Å²) in [6.07, 6.45) is -3.49. The van der Waals surface area contributed by atoms with Gasteiger partial charge in [0.15, 0.2) is 0 Å². The zero-order valence-electron chi connectivity index (χ0n) is 13.0. The highest BCUT2D eigenvalue weighted by Crippen LogP contribution is 2.28. The average molecular weight is 371 g/mol. The molecule has 3 rings (SSSR count). The molecule has 1 aromatic heterocycles. The van der Waals surface area contributed by atoms with Crippen molar-refractivity contribution in [2.75, 3.05) is 24.5 Å². The zero-order chi connectivity index (χ0) is 18.0. The van der Waals surface area contributed by atoms with Gasteiger partial charge in [0.1, 0.15) is 12.2 Å². The Morgan fingerprint density at radius 2 is 1.84 bits per heavy atom. The van der Waals surface area contributed by atoms with Crippen molar-refractivity contribution in [1.82, 2.24) is 14.9 Å². The molecule has 2 aromatic rings. The monoisotopic (exact) mass is 370 g/mol. The standard InChI is InChI=1S/C16H14ClF3N4O/c17-12-3-1-11(2-4-12)9-23-7-8-24(10-14(23)25)15-21-6-5-13(22-15)16(18,19)20/h1-6H,7-10H2. The number of benzene rings is 1. The van der Waals surface area contributed by atoms with E-state index in [4.69, 9.17) is 11.6 Å². The molecule has 0 saturated carbocycles. The molecule has 0 bridgehead atoms. The highest BCUT2D eigenvalue weighted by atomic mass is 35.5. The van der Waals surface area contributed by atoms with Gasteiger partial charge in [-0.1, -0.05) is 23.7 Å². The molecule has 1 aliphatic heterocycles. The second-order valence-corrected chi connectivity index (χ2v) is 6.04. The minimum Gasteiger partial charge on any atom is -0.335 e. The van der Waals surface area contributed by atoms with Crippen LogP contribution in [0.5, 0.6) is 0 Å². The molecule has 0 N–H and O–H groups in total. The van der Waals surface area contributed by atoms with Crippen LogP contribution in [0.15, 0.2) is 36.5 Å². The molecule has 0 spiro atoms. The van der Waals surface area contributed by atoms with Crippen molar-refractivity contribution in [2.45, 2.75) is 12.7 Å². The third-order valence-electron chi connectivity index (χ3n) is 3.82. The molecule has 1 amide bonds. The van der Waals surface area contributed by atoms with Gasteiger partial charge in [0, 0.05) is 30.9 Å². The van der Waals surface area contributed by atoms with Gasteiger partial charge < -0.3 is 9.80 Å². The van der Waals surface area contributed by atoms with Gasteiger partial charge >= 0.3 is 6.18 Å². The van der Waals surface area contributed by atoms with Crippen molar-refractivity contribution in [2.24, 2.45) is 0 Å². The highest BCUT2D eigenvalue weighted by molar-refractivity contribution is 6.30. The van der Waals surface area contributed by atoms with E-state index in [1.165, 1.54) is 4.90 Å². The van der Waals surface area contributed by atoms with E-state index in [0.29, 0.717) is 24.7 Å². The van der Waals surface area contributed by atoms with Crippen molar-refractivity contribution in [3.8, 4) is 0 Å². The minimum atomic E-state index is -4.54. The Labute approximate surface area is 147 Å². The van der Waals surface area contributed by atoms with Crippen LogP contribution in [0.3, 0.4) is 0 Å². The Morgan fingerprint density at radius 3 is 2.48 bits per heavy atom. The van der Waals surface area contributed by atoms with E-state index in [1.54, 1.807) is 17.0 Å². The van der Waals surface area contributed by atoms with Crippen LogP contribution in [0.2, 0.25) is 5.02 Å². The fourth-order valence-corrected chi connectivity index (χ4v) is 2.64. The predicted octanol–water partition coefficient (Wildman–Crippen LogP) is 3.00. The zero-order valence-corrected chi connectivity index (χ0v) is 13.8. The van der Waals surface area contributed by atoms with Gasteiger partial charge in [-0.05, 0) is 23.8 Å². The molecule has 2 heterocycles. The number of aromatic nitrogens is 2. The summed E-state index contributed by atoms with van der Waals surface area (Å²) in [5.41, 5.74) is -0.0879. The van der Waals surface area contributed by atoms with Crippen LogP contribution in [0.25, 0.3) is 0 Å². The first kappa shape index (κ1) is 17.5. The largest absolute Gasteiger partial charge is 0.433 e. The Morgan fingerprint density at radius 1 is 1.12 bits per heavy atom. The van der Waals surface area contributed by atoms with Crippen molar-refractivity contribution >= 4 is 23.5 Å². The van der Waals surface area contributed by atoms with E-state index in [0.717, 1.165) is 17.8 Å². The summed E-state index contributed by atoms with van der Waals surface area (Å²) in [6.45, 7) is 1.10. The molecule has 1 aliphatic rings. The van der Waals surface area contributed by atoms with Gasteiger partial charge in [0.25, 0.3) is 0 Å². The lowest BCUT2D eigenvalue weighted by Crippen LogP contribution is -2.50. The van der Waals surface area contributed by atoms with E-state index >= 15 is 0 Å². The first-order chi connectivity index (χ1) is 11.8. The lowest BCUT2D eigenvalue weighted by Gasteiger charge is -2.34. The van der Waals surface area contributed by atoms with Crippen molar-refractivity contribution in [3.63, 3.8) is 0 Å². The Bertz CT molecular complexity index is 767. The highest BCUT2D eigenvalue weighted by Gasteiger charge is 2.34. The van der Waals surface area contributed by atoms with Crippen LogP contribution in [0, 0.1) is 0 Å². The molecule has 132 valence electrons. The van der Waals surface area contributed by atoms with Gasteiger partial charge in [-0.2, -0.15) is 13.2 Å². The third kappa shape index (κ3) is 4.19. The summed E-state index contributed by atoms with van der Waals surface area (Å²) in [6, 6.07) is 7.96. The SMILES string of the molecule is O=C1CN(c2nccc(C(F)(F)F)n2)CCN1Cc1ccc(Cl)cc1. The second kappa shape index (κ2) is 6.87. The van der Waals surface area contributed by atoms with E-state index in [2.05, 4.69) is 9.97 Å². The maximum Gasteiger partial charge on any atom is 0.433 e. The van der Waals surface area contributed by atoms with Gasteiger partial charge in [0.05, 0.1) is 0 Å². The predicted molar refractivity (Wildman–Crippen MR) is 86.1 cm³/mol. The van der Waals surface area contributed by atoms with Crippen LogP contribution in [0.1, 0.15) is 11.3 Å². The van der Waals surface area contributed by atoms with Gasteiger partial charge in [-0.25, -0.2) is 9.97 Å². The van der Waals surface area contributed by atoms with Gasteiger partial charge in [0.2, 0.25) is 11.9 Å². The molecule has 1 fully saturated rings. The van der Waals surface area contributed by atoms with E-state index < -0.39 is 11.9 Å². The molecule has 25 heavy (non-hydrogen) atoms. The summed E-state index contributed by atoms with van der Waals surface area (Å²) >= 11 is 5.83. The maximum atomic E-state index is 12.8. The Kier molecular flexibility index (Phi) is 4.80. The third-order valence-corrected chi connectivity index (χ3v) is 4.07. The lowest BCUT2D eigenvalue weighted by atomic mass is 10.2. The topological polar surface area (TPSA) is 49.3 Å². The number of hydrogen-bond acceptors (Lipinski definition) is 4. The van der Waals surface area contributed by atoms with Crippen LogP contribution >= 0.6 is 11.6 Å². The number of carbonyl (C=O) groups is 1. The normalized spacial score (nSPS) is 15.6. The summed E-state index contributed by atoms with van der Waals surface area (Å²) < 4.78 is 38.3. The quantitative estimate of drug-likeness (QED) is 0.833. The molecule has 0 atom stereocenters. The van der Waals surface area contributed by atoms with Crippen LogP contribution in [-0.2, 0) is 17.5 Å². The average Bonchev–Trinajstić information content (AvgIpc) is 2.58. The first-order valence-electron chi connectivity index (χ1n) is 7.50. The van der Waals surface area contributed by atoms with Crippen molar-refractivity contribution in [1.29, 1.82) is 0 Å². The molecular formula is C16H14ClF3N4O. The lowest BCUT2D eigenvalue weighted by molar-refractivity contribution is -0.141. The Hall–Kier alpha value is -2.35. The summed E-state index contributed by atoms with van der Waals surface area (Å²) in [5, 5.41) is 0.613. The summed E-state index contributed by atoms with van der Waals surface area (Å²) in [5.74, 6) is -0.281. The molecule has 0 radical (unpaired) electrons. The number of alkyl halides is 3. The number of amides is 1. The minimum absolute atomic E-state index is 0.0606. The number of rotatable bonds is 3. The van der Waals surface area contributed by atoms with Crippen molar-refractivity contribution in [3.05, 3.63) is 52.8 Å². The van der Waals surface area contributed by atoms with E-state index in [1.807, 2.05) is 12.1 Å². The van der Waals surface area contributed by atoms with Crippen LogP contribution < -0.4 is 4.90 Å². The van der Waals surface area contributed by atoms with Crippen LogP contribution in [-0.4, -0.2) is 40.4 Å². The maximum absolute atomic E-state index is 12.8. The number of anilines is 1. The fourth-order valence-electron chi connectivity index (χ4n) is 2.52. The number of hydrogen-bond donors (Lipinski definition) is 0. The van der Waals surface area contributed by atoms with E-state index in [9.17, 15) is 18.0 Å². The molecule has 1 aromatic carbocycles. The number of halogens is 4. The molecule has 0 aliphatic carbocycles. The van der Waals surface area contributed by atoms with Crippen LogP contribution in [0.4, 0.5) is 19.1 Å². The molecular weight excluding hydrogens is 357 g/mol. The number of carbonyl (C=O) groups excluding carboxylic acids is 1. The first-order valence-corrected chi connectivity index (χ1v) is 7.88. The molecule has 1 saturated heterocycles. The summed E-state index contributed by atoms with van der Waals surface area (Å²) in [4.78, 5) is 22.8. The Balaban J connectivity index is 1.67. The molecule has 0 unspecified atom stereocenters. The van der Waals surface area contributed by atoms with Crippen molar-refractivity contribution < 1.29 is 18.0 Å². The van der Waals surface area contributed by atoms with E-state index in [-0.39, 0.29) is 18.4 Å².